The number of nitrogens with zero attached hydrogens (tertiary/aromatic N) is 3. The number of nitrogens with two attached hydrogens (primary N) is 1. The molecular weight excluding hydrogens is 224 g/mol. The number of rotatable bonds is 6. The molecule has 1 atom stereocenters. The molecule has 0 aliphatic rings. The molecule has 0 fully saturated rings. The quantitative estimate of drug-likeness (QED) is 0.844. The van der Waals surface area contributed by atoms with Crippen LogP contribution in [0.15, 0.2) is 30.7 Å². The Bertz CT molecular complexity index is 483. The molecule has 0 spiro atoms. The van der Waals surface area contributed by atoms with Crippen LogP contribution in [0, 0.1) is 0 Å². The predicted molar refractivity (Wildman–Crippen MR) is 73.3 cm³/mol. The maximum atomic E-state index is 5.96. The SMILES string of the molecule is CCC(N)Cc1ccn(CCc2ccnn2C)c1. The summed E-state index contributed by atoms with van der Waals surface area (Å²) in [4.78, 5) is 0. The number of hydrogen-bond donors (Lipinski definition) is 1. The van der Waals surface area contributed by atoms with Crippen LogP contribution in [-0.2, 0) is 26.4 Å². The fourth-order valence-electron chi connectivity index (χ4n) is 2.09. The summed E-state index contributed by atoms with van der Waals surface area (Å²) in [5, 5.41) is 4.18. The van der Waals surface area contributed by atoms with Crippen molar-refractivity contribution < 1.29 is 0 Å². The maximum Gasteiger partial charge on any atom is 0.0492 e. The van der Waals surface area contributed by atoms with Crippen molar-refractivity contribution >= 4 is 0 Å². The zero-order valence-corrected chi connectivity index (χ0v) is 11.2. The van der Waals surface area contributed by atoms with Crippen molar-refractivity contribution in [1.29, 1.82) is 0 Å². The van der Waals surface area contributed by atoms with Gasteiger partial charge in [0.2, 0.25) is 0 Å². The van der Waals surface area contributed by atoms with E-state index in [1.54, 1.807) is 0 Å². The monoisotopic (exact) mass is 246 g/mol. The highest BCUT2D eigenvalue weighted by molar-refractivity contribution is 5.12. The second kappa shape index (κ2) is 5.87. The topological polar surface area (TPSA) is 48.8 Å². The van der Waals surface area contributed by atoms with Crippen LogP contribution in [0.3, 0.4) is 0 Å². The predicted octanol–water partition coefficient (Wildman–Crippen LogP) is 1.74. The summed E-state index contributed by atoms with van der Waals surface area (Å²) in [6.45, 7) is 3.12. The first-order chi connectivity index (χ1) is 8.69. The van der Waals surface area contributed by atoms with Crippen molar-refractivity contribution in [3.8, 4) is 0 Å². The lowest BCUT2D eigenvalue weighted by molar-refractivity contribution is 0.629. The van der Waals surface area contributed by atoms with E-state index in [-0.39, 0.29) is 6.04 Å². The maximum absolute atomic E-state index is 5.96. The van der Waals surface area contributed by atoms with E-state index < -0.39 is 0 Å². The highest BCUT2D eigenvalue weighted by Crippen LogP contribution is 2.07. The Morgan fingerprint density at radius 3 is 2.89 bits per heavy atom. The summed E-state index contributed by atoms with van der Waals surface area (Å²) < 4.78 is 4.15. The van der Waals surface area contributed by atoms with Gasteiger partial charge in [-0.3, -0.25) is 4.68 Å². The molecule has 0 aromatic carbocycles. The van der Waals surface area contributed by atoms with E-state index in [0.717, 1.165) is 25.8 Å². The van der Waals surface area contributed by atoms with Gasteiger partial charge < -0.3 is 10.3 Å². The summed E-state index contributed by atoms with van der Waals surface area (Å²) in [5.74, 6) is 0. The van der Waals surface area contributed by atoms with Crippen LogP contribution < -0.4 is 5.73 Å². The van der Waals surface area contributed by atoms with E-state index in [1.165, 1.54) is 11.3 Å². The molecule has 4 heteroatoms. The standard InChI is InChI=1S/C14H22N4/c1-3-13(15)10-12-5-8-18(11-12)9-6-14-4-7-16-17(14)2/h4-5,7-8,11,13H,3,6,9-10,15H2,1-2H3. The molecule has 0 saturated heterocycles. The average molecular weight is 246 g/mol. The zero-order valence-electron chi connectivity index (χ0n) is 11.2. The smallest absolute Gasteiger partial charge is 0.0492 e. The van der Waals surface area contributed by atoms with Gasteiger partial charge in [-0.1, -0.05) is 6.92 Å². The molecule has 4 nitrogen and oxygen atoms in total. The van der Waals surface area contributed by atoms with Crippen molar-refractivity contribution in [2.45, 2.75) is 38.8 Å². The lowest BCUT2D eigenvalue weighted by atomic mass is 10.1. The molecule has 0 aliphatic heterocycles. The molecule has 2 rings (SSSR count). The Morgan fingerprint density at radius 2 is 2.22 bits per heavy atom. The summed E-state index contributed by atoms with van der Waals surface area (Å²) in [5.41, 5.74) is 8.55. The highest BCUT2D eigenvalue weighted by atomic mass is 15.3. The second-order valence-corrected chi connectivity index (χ2v) is 4.83. The van der Waals surface area contributed by atoms with Crippen LogP contribution in [0.2, 0.25) is 0 Å². The summed E-state index contributed by atoms with van der Waals surface area (Å²) in [7, 11) is 1.98. The fraction of sp³-hybridized carbons (Fsp3) is 0.500. The van der Waals surface area contributed by atoms with E-state index in [4.69, 9.17) is 5.73 Å². The Balaban J connectivity index is 1.89. The Hall–Kier alpha value is -1.55. The summed E-state index contributed by atoms with van der Waals surface area (Å²) in [6.07, 6.45) is 9.18. The Kier molecular flexibility index (Phi) is 4.20. The van der Waals surface area contributed by atoms with E-state index in [9.17, 15) is 0 Å². The van der Waals surface area contributed by atoms with E-state index in [0.29, 0.717) is 0 Å². The molecule has 2 aromatic rings. The van der Waals surface area contributed by atoms with Gasteiger partial charge in [0.15, 0.2) is 0 Å². The van der Waals surface area contributed by atoms with Crippen LogP contribution in [0.1, 0.15) is 24.6 Å². The lowest BCUT2D eigenvalue weighted by Gasteiger charge is -2.06. The summed E-state index contributed by atoms with van der Waals surface area (Å²) in [6, 6.07) is 4.51. The second-order valence-electron chi connectivity index (χ2n) is 4.83. The minimum Gasteiger partial charge on any atom is -0.354 e. The molecule has 2 N–H and O–H groups in total. The third-order valence-corrected chi connectivity index (χ3v) is 3.38. The van der Waals surface area contributed by atoms with Crippen molar-refractivity contribution in [2.24, 2.45) is 12.8 Å². The molecule has 2 heterocycles. The van der Waals surface area contributed by atoms with E-state index >= 15 is 0 Å². The molecule has 18 heavy (non-hydrogen) atoms. The van der Waals surface area contributed by atoms with Crippen LogP contribution in [-0.4, -0.2) is 20.4 Å². The summed E-state index contributed by atoms with van der Waals surface area (Å²) >= 11 is 0. The zero-order chi connectivity index (χ0) is 13.0. The van der Waals surface area contributed by atoms with E-state index in [1.807, 2.05) is 17.9 Å². The van der Waals surface area contributed by atoms with E-state index in [2.05, 4.69) is 41.1 Å². The molecule has 0 saturated carbocycles. The third kappa shape index (κ3) is 3.23. The van der Waals surface area contributed by atoms with Crippen LogP contribution in [0.25, 0.3) is 0 Å². The fourth-order valence-corrected chi connectivity index (χ4v) is 2.09. The minimum absolute atomic E-state index is 0.276. The van der Waals surface area contributed by atoms with Gasteiger partial charge in [0.05, 0.1) is 0 Å². The van der Waals surface area contributed by atoms with Crippen molar-refractivity contribution in [3.63, 3.8) is 0 Å². The third-order valence-electron chi connectivity index (χ3n) is 3.38. The molecule has 0 amide bonds. The normalized spacial score (nSPS) is 12.8. The minimum atomic E-state index is 0.276. The molecule has 0 bridgehead atoms. The average Bonchev–Trinajstić information content (AvgIpc) is 2.96. The van der Waals surface area contributed by atoms with Gasteiger partial charge in [-0.15, -0.1) is 0 Å². The Labute approximate surface area is 108 Å². The molecule has 0 aliphatic carbocycles. The van der Waals surface area contributed by atoms with Gasteiger partial charge in [-0.25, -0.2) is 0 Å². The molecule has 2 aromatic heterocycles. The number of aromatic nitrogens is 3. The molecule has 0 radical (unpaired) electrons. The largest absolute Gasteiger partial charge is 0.354 e. The van der Waals surface area contributed by atoms with Crippen LogP contribution in [0.5, 0.6) is 0 Å². The van der Waals surface area contributed by atoms with Crippen molar-refractivity contribution in [1.82, 2.24) is 14.3 Å². The molecule has 1 unspecified atom stereocenters. The number of hydrogen-bond acceptors (Lipinski definition) is 2. The van der Waals surface area contributed by atoms with Gasteiger partial charge in [0.1, 0.15) is 0 Å². The van der Waals surface area contributed by atoms with Crippen molar-refractivity contribution in [3.05, 3.63) is 42.0 Å². The highest BCUT2D eigenvalue weighted by Gasteiger charge is 2.04. The first kappa shape index (κ1) is 12.9. The van der Waals surface area contributed by atoms with Crippen LogP contribution in [0.4, 0.5) is 0 Å². The lowest BCUT2D eigenvalue weighted by Crippen LogP contribution is -2.21. The number of aryl methyl sites for hydroxylation is 3. The molecular formula is C14H22N4. The molecule has 98 valence electrons. The van der Waals surface area contributed by atoms with Crippen LogP contribution >= 0.6 is 0 Å². The van der Waals surface area contributed by atoms with Gasteiger partial charge >= 0.3 is 0 Å². The Morgan fingerprint density at radius 1 is 1.39 bits per heavy atom. The first-order valence-electron chi connectivity index (χ1n) is 6.56. The van der Waals surface area contributed by atoms with Gasteiger partial charge in [-0.2, -0.15) is 5.10 Å². The van der Waals surface area contributed by atoms with Gasteiger partial charge in [0, 0.05) is 50.3 Å². The first-order valence-corrected chi connectivity index (χ1v) is 6.56. The van der Waals surface area contributed by atoms with Crippen molar-refractivity contribution in [2.75, 3.05) is 0 Å². The van der Waals surface area contributed by atoms with Gasteiger partial charge in [-0.05, 0) is 30.5 Å². The van der Waals surface area contributed by atoms with Gasteiger partial charge in [0.25, 0.3) is 0 Å².